The van der Waals surface area contributed by atoms with Crippen LogP contribution in [-0.4, -0.2) is 51.5 Å². The smallest absolute Gasteiger partial charge is 0.410 e. The van der Waals surface area contributed by atoms with Crippen LogP contribution < -0.4 is 18.9 Å². The Hall–Kier alpha value is -3.09. The molecule has 0 radical (unpaired) electrons. The maximum Gasteiger partial charge on any atom is 0.416 e. The number of hydrogen-bond donors (Lipinski definition) is 2. The number of ether oxygens (including phenoxy) is 2. The number of anilines is 1. The van der Waals surface area contributed by atoms with E-state index in [1.54, 1.807) is 6.92 Å². The lowest BCUT2D eigenvalue weighted by Crippen LogP contribution is -2.39. The molecular formula is C20H22ClFN4O6S. The molecule has 0 aliphatic carbocycles. The van der Waals surface area contributed by atoms with Gasteiger partial charge in [0.1, 0.15) is 5.75 Å². The second kappa shape index (κ2) is 9.41. The van der Waals surface area contributed by atoms with Gasteiger partial charge in [-0.3, -0.25) is 9.62 Å². The molecule has 2 N–H and O–H groups in total. The second-order valence-electron chi connectivity index (χ2n) is 7.34. The molecule has 2 amide bonds. The molecule has 178 valence electrons. The number of amides is 2. The molecule has 1 heterocycles. The minimum absolute atomic E-state index is 0.0260. The third-order valence-electron chi connectivity index (χ3n) is 4.91. The molecule has 1 aliphatic heterocycles. The van der Waals surface area contributed by atoms with Gasteiger partial charge < -0.3 is 14.4 Å². The Bertz CT molecular complexity index is 1210. The van der Waals surface area contributed by atoms with Crippen molar-refractivity contribution in [3.8, 4) is 11.5 Å². The number of nitrogens with one attached hydrogen (secondary N) is 2. The van der Waals surface area contributed by atoms with Crippen LogP contribution in [0.15, 0.2) is 30.3 Å². The molecule has 0 fully saturated rings. The van der Waals surface area contributed by atoms with Crippen LogP contribution in [0.4, 0.5) is 19.7 Å². The van der Waals surface area contributed by atoms with Crippen LogP contribution in [0.3, 0.4) is 0 Å². The van der Waals surface area contributed by atoms with Gasteiger partial charge in [0.25, 0.3) is 10.2 Å². The molecule has 1 aliphatic rings. The summed E-state index contributed by atoms with van der Waals surface area (Å²) in [6, 6.07) is 6.43. The molecule has 10 nitrogen and oxygen atoms in total. The van der Waals surface area contributed by atoms with Gasteiger partial charge in [0.05, 0.1) is 23.3 Å². The van der Waals surface area contributed by atoms with Crippen LogP contribution in [0.2, 0.25) is 5.02 Å². The fourth-order valence-corrected chi connectivity index (χ4v) is 3.83. The van der Waals surface area contributed by atoms with Crippen LogP contribution >= 0.6 is 11.6 Å². The lowest BCUT2D eigenvalue weighted by molar-refractivity contribution is 0.116. The Morgan fingerprint density at radius 2 is 2.03 bits per heavy atom. The van der Waals surface area contributed by atoms with Gasteiger partial charge in [0.2, 0.25) is 0 Å². The summed E-state index contributed by atoms with van der Waals surface area (Å²) in [4.78, 5) is 27.0. The highest BCUT2D eigenvalue weighted by atomic mass is 35.5. The summed E-state index contributed by atoms with van der Waals surface area (Å²) >= 11 is 6.26. The summed E-state index contributed by atoms with van der Waals surface area (Å²) in [5, 5.41) is 0.128. The first-order valence-corrected chi connectivity index (χ1v) is 11.5. The van der Waals surface area contributed by atoms with Crippen molar-refractivity contribution in [2.24, 2.45) is 0 Å². The number of rotatable bonds is 6. The first-order valence-electron chi connectivity index (χ1n) is 9.63. The van der Waals surface area contributed by atoms with Gasteiger partial charge >= 0.3 is 12.2 Å². The van der Waals surface area contributed by atoms with Gasteiger partial charge in [-0.2, -0.15) is 8.42 Å². The van der Waals surface area contributed by atoms with E-state index in [9.17, 15) is 22.4 Å². The summed E-state index contributed by atoms with van der Waals surface area (Å²) in [7, 11) is 0.270. The minimum atomic E-state index is -3.93. The molecule has 0 bridgehead atoms. The van der Waals surface area contributed by atoms with Crippen LogP contribution in [0.25, 0.3) is 0 Å². The highest BCUT2D eigenvalue weighted by molar-refractivity contribution is 7.90. The fraction of sp³-hybridized carbons (Fsp3) is 0.300. The van der Waals surface area contributed by atoms with Crippen molar-refractivity contribution in [3.63, 3.8) is 0 Å². The van der Waals surface area contributed by atoms with Gasteiger partial charge in [-0.1, -0.05) is 23.7 Å². The minimum Gasteiger partial charge on any atom is -0.410 e. The molecule has 3 rings (SSSR count). The Morgan fingerprint density at radius 3 is 2.67 bits per heavy atom. The topological polar surface area (TPSA) is 117 Å². The standard InChI is InChI=1S/C20H22ClFN4O6S/c1-11-13-8-14(21)17(32-19(27)25(3)4)9-16(13)31-20(28)26(11)10-12-6-5-7-15(18(12)22)24-33(29,30)23-2/h5-9,11,23-24H,10H2,1-4H3/t11-/m1/s1. The summed E-state index contributed by atoms with van der Waals surface area (Å²) in [5.41, 5.74) is 0.327. The van der Waals surface area contributed by atoms with E-state index in [2.05, 4.69) is 4.72 Å². The van der Waals surface area contributed by atoms with Crippen molar-refractivity contribution in [2.45, 2.75) is 19.5 Å². The number of halogens is 2. The predicted octanol–water partition coefficient (Wildman–Crippen LogP) is 3.49. The number of nitrogens with zero attached hydrogens (tertiary/aromatic N) is 2. The van der Waals surface area contributed by atoms with Crippen LogP contribution in [0.5, 0.6) is 11.5 Å². The summed E-state index contributed by atoms with van der Waals surface area (Å²) in [5.74, 6) is -0.644. The van der Waals surface area contributed by atoms with Crippen molar-refractivity contribution < 1.29 is 31.9 Å². The molecule has 2 aromatic carbocycles. The molecule has 0 spiro atoms. The summed E-state index contributed by atoms with van der Waals surface area (Å²) in [6.45, 7) is 1.50. The van der Waals surface area contributed by atoms with Crippen LogP contribution in [0.1, 0.15) is 24.1 Å². The molecule has 2 aromatic rings. The zero-order chi connectivity index (χ0) is 24.5. The maximum absolute atomic E-state index is 14.9. The van der Waals surface area contributed by atoms with E-state index in [1.807, 2.05) is 4.72 Å². The number of carbonyl (C=O) groups is 2. The third-order valence-corrected chi connectivity index (χ3v) is 6.23. The van der Waals surface area contributed by atoms with Crippen LogP contribution in [-0.2, 0) is 16.8 Å². The van der Waals surface area contributed by atoms with Gasteiger partial charge in [-0.25, -0.2) is 18.7 Å². The molecule has 1 atom stereocenters. The molecule has 0 saturated carbocycles. The van der Waals surface area contributed by atoms with E-state index < -0.39 is 34.3 Å². The zero-order valence-corrected chi connectivity index (χ0v) is 19.8. The van der Waals surface area contributed by atoms with E-state index in [0.29, 0.717) is 5.56 Å². The Kier molecular flexibility index (Phi) is 7.00. The van der Waals surface area contributed by atoms with Crippen molar-refractivity contribution in [1.82, 2.24) is 14.5 Å². The van der Waals surface area contributed by atoms with Gasteiger partial charge in [0, 0.05) is 38.3 Å². The Balaban J connectivity index is 1.88. The monoisotopic (exact) mass is 500 g/mol. The summed E-state index contributed by atoms with van der Waals surface area (Å²) in [6.07, 6.45) is -1.42. The van der Waals surface area contributed by atoms with Crippen LogP contribution in [0, 0.1) is 5.82 Å². The van der Waals surface area contributed by atoms with E-state index in [0.717, 1.165) is 0 Å². The quantitative estimate of drug-likeness (QED) is 0.627. The van der Waals surface area contributed by atoms with Gasteiger partial charge in [-0.15, -0.1) is 0 Å². The van der Waals surface area contributed by atoms with Crippen molar-refractivity contribution in [3.05, 3.63) is 52.3 Å². The van der Waals surface area contributed by atoms with E-state index in [4.69, 9.17) is 21.1 Å². The average molecular weight is 501 g/mol. The van der Waals surface area contributed by atoms with E-state index in [1.165, 1.54) is 61.3 Å². The average Bonchev–Trinajstić information content (AvgIpc) is 2.74. The molecule has 0 aromatic heterocycles. The molecular weight excluding hydrogens is 479 g/mol. The van der Waals surface area contributed by atoms with E-state index >= 15 is 0 Å². The third kappa shape index (κ3) is 5.29. The molecule has 13 heteroatoms. The van der Waals surface area contributed by atoms with Crippen molar-refractivity contribution in [2.75, 3.05) is 25.9 Å². The number of benzene rings is 2. The number of fused-ring (bicyclic) bond motifs is 1. The Morgan fingerprint density at radius 1 is 1.33 bits per heavy atom. The number of carbonyl (C=O) groups excluding carboxylic acids is 2. The lowest BCUT2D eigenvalue weighted by atomic mass is 10.0. The normalized spacial score (nSPS) is 15.5. The van der Waals surface area contributed by atoms with Gasteiger partial charge in [-0.05, 0) is 19.1 Å². The molecule has 0 saturated heterocycles. The summed E-state index contributed by atoms with van der Waals surface area (Å²) < 4.78 is 53.0. The van der Waals surface area contributed by atoms with Crippen molar-refractivity contribution >= 4 is 39.7 Å². The Labute approximate surface area is 195 Å². The molecule has 33 heavy (non-hydrogen) atoms. The number of hydrogen-bond acceptors (Lipinski definition) is 6. The fourth-order valence-electron chi connectivity index (χ4n) is 3.07. The first kappa shape index (κ1) is 24.6. The first-order chi connectivity index (χ1) is 15.4. The molecule has 0 unspecified atom stereocenters. The highest BCUT2D eigenvalue weighted by Crippen LogP contribution is 2.41. The second-order valence-corrected chi connectivity index (χ2v) is 9.37. The predicted molar refractivity (Wildman–Crippen MR) is 119 cm³/mol. The zero-order valence-electron chi connectivity index (χ0n) is 18.2. The van der Waals surface area contributed by atoms with E-state index in [-0.39, 0.29) is 34.3 Å². The largest absolute Gasteiger partial charge is 0.416 e. The lowest BCUT2D eigenvalue weighted by Gasteiger charge is -2.34. The SMILES string of the molecule is CNS(=O)(=O)Nc1cccc(CN2C(=O)Oc3cc(OC(=O)N(C)C)c(Cl)cc3[C@H]2C)c1F. The van der Waals surface area contributed by atoms with Gasteiger partial charge in [0.15, 0.2) is 11.6 Å². The van der Waals surface area contributed by atoms with Crippen molar-refractivity contribution in [1.29, 1.82) is 0 Å². The highest BCUT2D eigenvalue weighted by Gasteiger charge is 2.33. The maximum atomic E-state index is 14.9.